The van der Waals surface area contributed by atoms with Crippen LogP contribution in [0.2, 0.25) is 0 Å². The van der Waals surface area contributed by atoms with Crippen LogP contribution in [-0.4, -0.2) is 5.78 Å². The van der Waals surface area contributed by atoms with Crippen LogP contribution in [0.3, 0.4) is 0 Å². The minimum atomic E-state index is 0.388. The van der Waals surface area contributed by atoms with Gasteiger partial charge in [0.2, 0.25) is 0 Å². The number of hydrogen-bond donors (Lipinski definition) is 0. The van der Waals surface area contributed by atoms with Gasteiger partial charge in [-0.15, -0.1) is 0 Å². The highest BCUT2D eigenvalue weighted by atomic mass is 16.1. The van der Waals surface area contributed by atoms with Gasteiger partial charge in [-0.1, -0.05) is 38.1 Å². The zero-order valence-electron chi connectivity index (χ0n) is 10.8. The Balaban J connectivity index is 0.000000514. The first kappa shape index (κ1) is 12.1. The Labute approximate surface area is 104 Å². The predicted molar refractivity (Wildman–Crippen MR) is 71.9 cm³/mol. The van der Waals surface area contributed by atoms with Gasteiger partial charge < -0.3 is 0 Å². The maximum absolute atomic E-state index is 11.9. The maximum atomic E-state index is 11.9. The summed E-state index contributed by atoms with van der Waals surface area (Å²) in [5.74, 6) is 0.388. The molecule has 0 saturated heterocycles. The van der Waals surface area contributed by atoms with Crippen molar-refractivity contribution in [1.29, 1.82) is 0 Å². The molecule has 0 aromatic heterocycles. The van der Waals surface area contributed by atoms with Gasteiger partial charge in [0.25, 0.3) is 0 Å². The summed E-state index contributed by atoms with van der Waals surface area (Å²) in [4.78, 5) is 11.9. The second-order valence-electron chi connectivity index (χ2n) is 4.39. The first-order chi connectivity index (χ1) is 8.36. The lowest BCUT2D eigenvalue weighted by Crippen LogP contribution is -2.00. The van der Waals surface area contributed by atoms with Gasteiger partial charge in [0, 0.05) is 6.42 Å². The second kappa shape index (κ2) is 5.31. The van der Waals surface area contributed by atoms with Gasteiger partial charge in [0.05, 0.1) is 0 Å². The summed E-state index contributed by atoms with van der Waals surface area (Å²) >= 11 is 0. The fourth-order valence-electron chi connectivity index (χ4n) is 2.78. The van der Waals surface area contributed by atoms with E-state index < -0.39 is 0 Å². The molecule has 0 bridgehead atoms. The number of Topliss-reactive ketones (excluding diaryl/α,β-unsaturated/α-hetero) is 1. The topological polar surface area (TPSA) is 17.1 Å². The van der Waals surface area contributed by atoms with Crippen LogP contribution in [0.4, 0.5) is 0 Å². The summed E-state index contributed by atoms with van der Waals surface area (Å²) < 4.78 is 0. The summed E-state index contributed by atoms with van der Waals surface area (Å²) in [7, 11) is 0. The van der Waals surface area contributed by atoms with Crippen molar-refractivity contribution in [2.75, 3.05) is 0 Å². The third-order valence-electron chi connectivity index (χ3n) is 3.52. The highest BCUT2D eigenvalue weighted by Crippen LogP contribution is 2.38. The molecule has 0 N–H and O–H groups in total. The molecule has 1 aromatic rings. The number of benzene rings is 1. The van der Waals surface area contributed by atoms with Gasteiger partial charge in [0.15, 0.2) is 5.78 Å². The number of allylic oxidation sites excluding steroid dienone is 2. The molecule has 0 atom stereocenters. The van der Waals surface area contributed by atoms with Crippen molar-refractivity contribution in [2.24, 2.45) is 0 Å². The quantitative estimate of drug-likeness (QED) is 0.651. The van der Waals surface area contributed by atoms with Crippen molar-refractivity contribution in [3.63, 3.8) is 0 Å². The Morgan fingerprint density at radius 1 is 0.882 bits per heavy atom. The summed E-state index contributed by atoms with van der Waals surface area (Å²) in [5.41, 5.74) is 5.17. The van der Waals surface area contributed by atoms with E-state index in [2.05, 4.69) is 24.3 Å². The summed E-state index contributed by atoms with van der Waals surface area (Å²) in [6, 6.07) is 8.49. The molecule has 2 aliphatic rings. The molecule has 0 aliphatic heterocycles. The normalized spacial score (nSPS) is 17.9. The third kappa shape index (κ3) is 2.19. The summed E-state index contributed by atoms with van der Waals surface area (Å²) in [5, 5.41) is 0. The van der Waals surface area contributed by atoms with E-state index in [-0.39, 0.29) is 0 Å². The molecule has 0 spiro atoms. The van der Waals surface area contributed by atoms with Gasteiger partial charge >= 0.3 is 0 Å². The first-order valence-electron chi connectivity index (χ1n) is 6.70. The minimum Gasteiger partial charge on any atom is -0.295 e. The molecule has 0 heterocycles. The molecule has 0 amide bonds. The van der Waals surface area contributed by atoms with E-state index in [1.807, 2.05) is 13.8 Å². The summed E-state index contributed by atoms with van der Waals surface area (Å²) in [6.45, 7) is 4.00. The zero-order chi connectivity index (χ0) is 12.3. The number of ketones is 1. The molecule has 2 aliphatic carbocycles. The number of hydrogen-bond acceptors (Lipinski definition) is 1. The molecule has 1 aromatic carbocycles. The minimum absolute atomic E-state index is 0.388. The van der Waals surface area contributed by atoms with E-state index in [4.69, 9.17) is 0 Å². The largest absolute Gasteiger partial charge is 0.295 e. The van der Waals surface area contributed by atoms with Gasteiger partial charge in [0.1, 0.15) is 0 Å². The van der Waals surface area contributed by atoms with E-state index in [0.717, 1.165) is 31.3 Å². The smallest absolute Gasteiger partial charge is 0.159 e. The Morgan fingerprint density at radius 3 is 2.41 bits per heavy atom. The molecular weight excluding hydrogens is 208 g/mol. The second-order valence-corrected chi connectivity index (χ2v) is 4.39. The van der Waals surface area contributed by atoms with Crippen LogP contribution < -0.4 is 0 Å². The summed E-state index contributed by atoms with van der Waals surface area (Å²) in [6.07, 6.45) is 4.88. The lowest BCUT2D eigenvalue weighted by atomic mass is 9.98. The molecule has 3 rings (SSSR count). The van der Waals surface area contributed by atoms with E-state index in [0.29, 0.717) is 12.2 Å². The zero-order valence-corrected chi connectivity index (χ0v) is 10.8. The molecule has 0 unspecified atom stereocenters. The van der Waals surface area contributed by atoms with Crippen LogP contribution in [-0.2, 0) is 11.2 Å². The van der Waals surface area contributed by atoms with E-state index in [1.54, 1.807) is 0 Å². The molecule has 1 heteroatoms. The first-order valence-corrected chi connectivity index (χ1v) is 6.70. The lowest BCUT2D eigenvalue weighted by Gasteiger charge is -2.07. The van der Waals surface area contributed by atoms with Crippen LogP contribution in [0.5, 0.6) is 0 Å². The Bertz CT molecular complexity index is 454. The van der Waals surface area contributed by atoms with Gasteiger partial charge in [-0.05, 0) is 48.0 Å². The number of fused-ring (bicyclic) bond motifs is 2. The van der Waals surface area contributed by atoms with E-state index in [1.165, 1.54) is 16.7 Å². The Morgan fingerprint density at radius 2 is 1.59 bits per heavy atom. The van der Waals surface area contributed by atoms with Crippen LogP contribution in [0.1, 0.15) is 50.7 Å². The number of carbonyl (C=O) groups is 1. The number of rotatable bonds is 0. The standard InChI is InChI=1S/C14H14O.C2H6/c15-14-9-8-10-4-1-2-5-11(10)12-6-3-7-13(12)14;1-2/h1-2,4-5H,3,6-9H2;1-2H3. The maximum Gasteiger partial charge on any atom is 0.159 e. The van der Waals surface area contributed by atoms with Crippen molar-refractivity contribution >= 4 is 11.4 Å². The van der Waals surface area contributed by atoms with Crippen molar-refractivity contribution in [1.82, 2.24) is 0 Å². The van der Waals surface area contributed by atoms with Crippen molar-refractivity contribution in [2.45, 2.75) is 46.0 Å². The SMILES string of the molecule is CC.O=C1CCc2ccccc2C2=C1CCC2. The number of carbonyl (C=O) groups excluding carboxylic acids is 1. The van der Waals surface area contributed by atoms with Crippen LogP contribution in [0.15, 0.2) is 29.8 Å². The molecule has 90 valence electrons. The van der Waals surface area contributed by atoms with Gasteiger partial charge in [-0.25, -0.2) is 0 Å². The molecule has 17 heavy (non-hydrogen) atoms. The molecule has 0 saturated carbocycles. The highest BCUT2D eigenvalue weighted by Gasteiger charge is 2.25. The van der Waals surface area contributed by atoms with E-state index >= 15 is 0 Å². The number of aryl methyl sites for hydroxylation is 1. The monoisotopic (exact) mass is 228 g/mol. The molecule has 0 fully saturated rings. The molecular formula is C16H20O. The Kier molecular flexibility index (Phi) is 3.78. The molecule has 1 nitrogen and oxygen atoms in total. The van der Waals surface area contributed by atoms with Gasteiger partial charge in [-0.3, -0.25) is 4.79 Å². The lowest BCUT2D eigenvalue weighted by molar-refractivity contribution is -0.115. The van der Waals surface area contributed by atoms with Crippen LogP contribution >= 0.6 is 0 Å². The Hall–Kier alpha value is -1.37. The highest BCUT2D eigenvalue weighted by molar-refractivity contribution is 6.04. The fourth-order valence-corrected chi connectivity index (χ4v) is 2.78. The third-order valence-corrected chi connectivity index (χ3v) is 3.52. The van der Waals surface area contributed by atoms with Gasteiger partial charge in [-0.2, -0.15) is 0 Å². The average molecular weight is 228 g/mol. The molecule has 0 radical (unpaired) electrons. The predicted octanol–water partition coefficient (Wildman–Crippen LogP) is 4.17. The van der Waals surface area contributed by atoms with Crippen molar-refractivity contribution < 1.29 is 4.79 Å². The van der Waals surface area contributed by atoms with Crippen molar-refractivity contribution in [3.05, 3.63) is 41.0 Å². The van der Waals surface area contributed by atoms with Crippen LogP contribution in [0, 0.1) is 0 Å². The van der Waals surface area contributed by atoms with E-state index in [9.17, 15) is 4.79 Å². The fraction of sp³-hybridized carbons (Fsp3) is 0.438. The van der Waals surface area contributed by atoms with Crippen molar-refractivity contribution in [3.8, 4) is 0 Å². The van der Waals surface area contributed by atoms with Crippen LogP contribution in [0.25, 0.3) is 5.57 Å². The average Bonchev–Trinajstić information content (AvgIpc) is 2.83.